The van der Waals surface area contributed by atoms with Crippen molar-refractivity contribution in [2.75, 3.05) is 52.4 Å². The molecular weight excluding hydrogens is 336 g/mol. The lowest BCUT2D eigenvalue weighted by atomic mass is 9.89. The summed E-state index contributed by atoms with van der Waals surface area (Å²) in [5.41, 5.74) is 1.44. The molecule has 0 aliphatic carbocycles. The number of hydrogen-bond donors (Lipinski definition) is 2. The third-order valence-corrected chi connectivity index (χ3v) is 6.10. The molecule has 1 aromatic rings. The molecule has 0 spiro atoms. The molecule has 5 nitrogen and oxygen atoms in total. The molecule has 27 heavy (non-hydrogen) atoms. The number of rotatable bonds is 8. The van der Waals surface area contributed by atoms with E-state index < -0.39 is 0 Å². The third-order valence-electron chi connectivity index (χ3n) is 6.10. The van der Waals surface area contributed by atoms with Crippen molar-refractivity contribution in [3.63, 3.8) is 0 Å². The second-order valence-electron chi connectivity index (χ2n) is 8.08. The highest BCUT2D eigenvalue weighted by molar-refractivity contribution is 5.81. The third kappa shape index (κ3) is 6.59. The number of piperazine rings is 1. The van der Waals surface area contributed by atoms with Gasteiger partial charge in [-0.1, -0.05) is 30.3 Å². The number of likely N-dealkylation sites (tertiary alicyclic amines) is 1. The maximum absolute atomic E-state index is 12.5. The average molecular weight is 373 g/mol. The first-order valence-electron chi connectivity index (χ1n) is 10.7. The quantitative estimate of drug-likeness (QED) is 0.683. The van der Waals surface area contributed by atoms with Crippen LogP contribution >= 0.6 is 0 Å². The van der Waals surface area contributed by atoms with Crippen molar-refractivity contribution in [2.24, 2.45) is 5.92 Å². The van der Waals surface area contributed by atoms with Crippen molar-refractivity contribution in [1.82, 2.24) is 20.4 Å². The second kappa shape index (κ2) is 10.8. The summed E-state index contributed by atoms with van der Waals surface area (Å²) >= 11 is 0. The molecule has 5 heteroatoms. The molecule has 0 radical (unpaired) electrons. The highest BCUT2D eigenvalue weighted by Gasteiger charge is 2.26. The zero-order chi connectivity index (χ0) is 18.9. The van der Waals surface area contributed by atoms with Crippen LogP contribution in [0.5, 0.6) is 0 Å². The fourth-order valence-electron chi connectivity index (χ4n) is 4.25. The summed E-state index contributed by atoms with van der Waals surface area (Å²) in [6.07, 6.45) is 4.59. The SMILES string of the molecule is CC(C(=O)NCCCN1CCNCC1)N1CCC(Cc2ccccc2)CC1. The van der Waals surface area contributed by atoms with Gasteiger partial charge in [-0.3, -0.25) is 9.69 Å². The first-order chi connectivity index (χ1) is 13.2. The van der Waals surface area contributed by atoms with Crippen LogP contribution < -0.4 is 10.6 Å². The maximum Gasteiger partial charge on any atom is 0.237 e. The van der Waals surface area contributed by atoms with Gasteiger partial charge in [-0.15, -0.1) is 0 Å². The smallest absolute Gasteiger partial charge is 0.237 e. The molecule has 1 aromatic carbocycles. The summed E-state index contributed by atoms with van der Waals surface area (Å²) in [6.45, 7) is 10.4. The van der Waals surface area contributed by atoms with Crippen LogP contribution in [-0.4, -0.2) is 74.1 Å². The van der Waals surface area contributed by atoms with Gasteiger partial charge in [-0.2, -0.15) is 0 Å². The lowest BCUT2D eigenvalue weighted by Gasteiger charge is -2.35. The van der Waals surface area contributed by atoms with Gasteiger partial charge in [0.15, 0.2) is 0 Å². The van der Waals surface area contributed by atoms with Gasteiger partial charge in [0, 0.05) is 32.7 Å². The topological polar surface area (TPSA) is 47.6 Å². The molecule has 2 N–H and O–H groups in total. The van der Waals surface area contributed by atoms with Crippen LogP contribution in [0.4, 0.5) is 0 Å². The molecule has 1 atom stereocenters. The normalized spacial score (nSPS) is 21.1. The summed E-state index contributed by atoms with van der Waals surface area (Å²) in [6, 6.07) is 10.8. The number of amides is 1. The fraction of sp³-hybridized carbons (Fsp3) is 0.682. The van der Waals surface area contributed by atoms with Crippen LogP contribution in [0.1, 0.15) is 31.7 Å². The van der Waals surface area contributed by atoms with Gasteiger partial charge < -0.3 is 15.5 Å². The Labute approximate surface area is 164 Å². The van der Waals surface area contributed by atoms with Gasteiger partial charge in [-0.25, -0.2) is 0 Å². The molecule has 0 saturated carbocycles. The summed E-state index contributed by atoms with van der Waals surface area (Å²) in [7, 11) is 0. The summed E-state index contributed by atoms with van der Waals surface area (Å²) in [5.74, 6) is 0.940. The first kappa shape index (κ1) is 20.3. The van der Waals surface area contributed by atoms with E-state index in [4.69, 9.17) is 0 Å². The van der Waals surface area contributed by atoms with Crippen molar-refractivity contribution < 1.29 is 4.79 Å². The van der Waals surface area contributed by atoms with Crippen molar-refractivity contribution in [1.29, 1.82) is 0 Å². The Morgan fingerprint density at radius 3 is 2.56 bits per heavy atom. The van der Waals surface area contributed by atoms with Gasteiger partial charge in [0.1, 0.15) is 0 Å². The summed E-state index contributed by atoms with van der Waals surface area (Å²) < 4.78 is 0. The Bertz CT molecular complexity index is 551. The second-order valence-corrected chi connectivity index (χ2v) is 8.08. The lowest BCUT2D eigenvalue weighted by molar-refractivity contribution is -0.126. The minimum Gasteiger partial charge on any atom is -0.355 e. The lowest BCUT2D eigenvalue weighted by Crippen LogP contribution is -2.49. The summed E-state index contributed by atoms with van der Waals surface area (Å²) in [5, 5.41) is 6.52. The predicted octanol–water partition coefficient (Wildman–Crippen LogP) is 1.74. The average Bonchev–Trinajstić information content (AvgIpc) is 2.72. The number of hydrogen-bond acceptors (Lipinski definition) is 4. The van der Waals surface area contributed by atoms with Crippen LogP contribution in [0.25, 0.3) is 0 Å². The van der Waals surface area contributed by atoms with E-state index >= 15 is 0 Å². The predicted molar refractivity (Wildman–Crippen MR) is 111 cm³/mol. The Kier molecular flexibility index (Phi) is 8.11. The highest BCUT2D eigenvalue weighted by Crippen LogP contribution is 2.22. The number of carbonyl (C=O) groups excluding carboxylic acids is 1. The van der Waals surface area contributed by atoms with E-state index in [1.165, 1.54) is 24.8 Å². The van der Waals surface area contributed by atoms with Crippen molar-refractivity contribution in [3.05, 3.63) is 35.9 Å². The molecule has 2 saturated heterocycles. The van der Waals surface area contributed by atoms with E-state index in [2.05, 4.69) is 57.7 Å². The van der Waals surface area contributed by atoms with Crippen molar-refractivity contribution in [2.45, 2.75) is 38.6 Å². The number of nitrogens with zero attached hydrogens (tertiary/aromatic N) is 2. The molecule has 2 fully saturated rings. The first-order valence-corrected chi connectivity index (χ1v) is 10.7. The van der Waals surface area contributed by atoms with Crippen LogP contribution in [-0.2, 0) is 11.2 Å². The summed E-state index contributed by atoms with van der Waals surface area (Å²) in [4.78, 5) is 17.3. The standard InChI is InChI=1S/C22H36N4O/c1-19(22(27)24-10-5-13-25-16-11-23-12-17-25)26-14-8-21(9-15-26)18-20-6-3-2-4-7-20/h2-4,6-7,19,21,23H,5,8-18H2,1H3,(H,24,27). The molecule has 0 aromatic heterocycles. The van der Waals surface area contributed by atoms with E-state index in [1.54, 1.807) is 0 Å². The van der Waals surface area contributed by atoms with Gasteiger partial charge in [-0.05, 0) is 63.7 Å². The molecule has 150 valence electrons. The van der Waals surface area contributed by atoms with E-state index in [0.717, 1.165) is 64.7 Å². The number of carbonyl (C=O) groups is 1. The molecule has 2 aliphatic rings. The van der Waals surface area contributed by atoms with Crippen LogP contribution in [0.2, 0.25) is 0 Å². The molecule has 3 rings (SSSR count). The van der Waals surface area contributed by atoms with E-state index in [1.807, 2.05) is 0 Å². The molecular formula is C22H36N4O. The number of benzene rings is 1. The molecule has 0 bridgehead atoms. The Balaban J connectivity index is 1.31. The molecule has 1 amide bonds. The van der Waals surface area contributed by atoms with E-state index in [9.17, 15) is 4.79 Å². The van der Waals surface area contributed by atoms with Crippen molar-refractivity contribution >= 4 is 5.91 Å². The largest absolute Gasteiger partial charge is 0.355 e. The number of piperidine rings is 1. The zero-order valence-corrected chi connectivity index (χ0v) is 16.8. The van der Waals surface area contributed by atoms with Gasteiger partial charge in [0.05, 0.1) is 6.04 Å². The Hall–Kier alpha value is -1.43. The van der Waals surface area contributed by atoms with Gasteiger partial charge >= 0.3 is 0 Å². The maximum atomic E-state index is 12.5. The molecule has 2 aliphatic heterocycles. The Morgan fingerprint density at radius 1 is 1.15 bits per heavy atom. The molecule has 1 unspecified atom stereocenters. The minimum absolute atomic E-state index is 0.0122. The Morgan fingerprint density at radius 2 is 1.85 bits per heavy atom. The van der Waals surface area contributed by atoms with Gasteiger partial charge in [0.2, 0.25) is 5.91 Å². The van der Waals surface area contributed by atoms with Crippen LogP contribution in [0.3, 0.4) is 0 Å². The van der Waals surface area contributed by atoms with Crippen LogP contribution in [0.15, 0.2) is 30.3 Å². The zero-order valence-electron chi connectivity index (χ0n) is 16.8. The van der Waals surface area contributed by atoms with Crippen molar-refractivity contribution in [3.8, 4) is 0 Å². The van der Waals surface area contributed by atoms with E-state index in [-0.39, 0.29) is 11.9 Å². The minimum atomic E-state index is -0.0122. The van der Waals surface area contributed by atoms with E-state index in [0.29, 0.717) is 0 Å². The molecule has 2 heterocycles. The monoisotopic (exact) mass is 372 g/mol. The van der Waals surface area contributed by atoms with Crippen LogP contribution in [0, 0.1) is 5.92 Å². The highest BCUT2D eigenvalue weighted by atomic mass is 16.2. The fourth-order valence-corrected chi connectivity index (χ4v) is 4.25. The van der Waals surface area contributed by atoms with Gasteiger partial charge in [0.25, 0.3) is 0 Å². The number of nitrogens with one attached hydrogen (secondary N) is 2.